The van der Waals surface area contributed by atoms with E-state index >= 15 is 0 Å². The van der Waals surface area contributed by atoms with Gasteiger partial charge in [0.2, 0.25) is 0 Å². The number of rotatable bonds is 7. The number of aromatic nitrogens is 2. The van der Waals surface area contributed by atoms with Gasteiger partial charge < -0.3 is 15.0 Å². The minimum absolute atomic E-state index is 0.142. The molecule has 0 unspecified atom stereocenters. The quantitative estimate of drug-likeness (QED) is 0.848. The zero-order valence-corrected chi connectivity index (χ0v) is 13.2. The van der Waals surface area contributed by atoms with E-state index < -0.39 is 0 Å². The number of anilines is 1. The molecule has 6 nitrogen and oxygen atoms in total. The molecule has 0 fully saturated rings. The van der Waals surface area contributed by atoms with Crippen molar-refractivity contribution in [2.24, 2.45) is 0 Å². The summed E-state index contributed by atoms with van der Waals surface area (Å²) in [5.74, 6) is -0.142. The van der Waals surface area contributed by atoms with Gasteiger partial charge in [-0.25, -0.2) is 0 Å². The molecule has 6 heteroatoms. The van der Waals surface area contributed by atoms with Crippen LogP contribution in [0.15, 0.2) is 36.7 Å². The molecule has 1 amide bonds. The number of ether oxygens (including phenoxy) is 1. The Bertz CT molecular complexity index is 605. The fourth-order valence-corrected chi connectivity index (χ4v) is 1.98. The average molecular weight is 302 g/mol. The maximum absolute atomic E-state index is 12.2. The number of hydrogen-bond donors (Lipinski definition) is 1. The summed E-state index contributed by atoms with van der Waals surface area (Å²) in [5, 5.41) is 7.08. The summed E-state index contributed by atoms with van der Waals surface area (Å²) in [6.07, 6.45) is 3.49. The maximum Gasteiger partial charge on any atom is 0.255 e. The van der Waals surface area contributed by atoms with Gasteiger partial charge in [0.1, 0.15) is 0 Å². The van der Waals surface area contributed by atoms with Crippen molar-refractivity contribution >= 4 is 11.6 Å². The number of nitrogens with zero attached hydrogens (tertiary/aromatic N) is 3. The van der Waals surface area contributed by atoms with Crippen molar-refractivity contribution < 1.29 is 9.53 Å². The lowest BCUT2D eigenvalue weighted by molar-refractivity contribution is 0.102. The standard InChI is InChI=1S/C16H22N4O2/c1-19(2)8-9-20-11-15(10-17-20)18-16(21)14-6-4-13(5-7-14)12-22-3/h4-7,10-11H,8-9,12H2,1-3H3,(H,18,21). The monoisotopic (exact) mass is 302 g/mol. The highest BCUT2D eigenvalue weighted by Crippen LogP contribution is 2.10. The zero-order valence-electron chi connectivity index (χ0n) is 13.2. The lowest BCUT2D eigenvalue weighted by atomic mass is 10.1. The van der Waals surface area contributed by atoms with Gasteiger partial charge in [-0.05, 0) is 31.8 Å². The normalized spacial score (nSPS) is 10.9. The molecule has 1 heterocycles. The topological polar surface area (TPSA) is 59.4 Å². The summed E-state index contributed by atoms with van der Waals surface area (Å²) in [6, 6.07) is 7.36. The summed E-state index contributed by atoms with van der Waals surface area (Å²) in [4.78, 5) is 14.3. The number of carbonyl (C=O) groups is 1. The molecular weight excluding hydrogens is 280 g/mol. The Hall–Kier alpha value is -2.18. The number of methoxy groups -OCH3 is 1. The first-order valence-corrected chi connectivity index (χ1v) is 7.15. The number of amides is 1. The van der Waals surface area contributed by atoms with E-state index in [0.29, 0.717) is 17.9 Å². The SMILES string of the molecule is COCc1ccc(C(=O)Nc2cnn(CCN(C)C)c2)cc1. The summed E-state index contributed by atoms with van der Waals surface area (Å²) in [5.41, 5.74) is 2.35. The van der Waals surface area contributed by atoms with E-state index in [9.17, 15) is 4.79 Å². The van der Waals surface area contributed by atoms with Crippen molar-refractivity contribution in [2.75, 3.05) is 33.1 Å². The molecular formula is C16H22N4O2. The van der Waals surface area contributed by atoms with Crippen LogP contribution in [-0.2, 0) is 17.9 Å². The zero-order chi connectivity index (χ0) is 15.9. The van der Waals surface area contributed by atoms with E-state index in [2.05, 4.69) is 15.3 Å². The van der Waals surface area contributed by atoms with E-state index in [0.717, 1.165) is 18.7 Å². The fourth-order valence-electron chi connectivity index (χ4n) is 1.98. The van der Waals surface area contributed by atoms with Crippen molar-refractivity contribution in [3.63, 3.8) is 0 Å². The first-order valence-electron chi connectivity index (χ1n) is 7.15. The largest absolute Gasteiger partial charge is 0.380 e. The molecule has 0 saturated carbocycles. The molecule has 0 atom stereocenters. The second kappa shape index (κ2) is 7.72. The highest BCUT2D eigenvalue weighted by Gasteiger charge is 2.07. The lowest BCUT2D eigenvalue weighted by Gasteiger charge is -2.08. The Balaban J connectivity index is 1.93. The highest BCUT2D eigenvalue weighted by atomic mass is 16.5. The van der Waals surface area contributed by atoms with Crippen LogP contribution in [0.5, 0.6) is 0 Å². The van der Waals surface area contributed by atoms with Crippen LogP contribution in [0.3, 0.4) is 0 Å². The Morgan fingerprint density at radius 1 is 1.32 bits per heavy atom. The maximum atomic E-state index is 12.2. The van der Waals surface area contributed by atoms with Gasteiger partial charge in [0, 0.05) is 25.4 Å². The molecule has 0 aliphatic rings. The highest BCUT2D eigenvalue weighted by molar-refractivity contribution is 6.04. The molecule has 0 aliphatic heterocycles. The smallest absolute Gasteiger partial charge is 0.255 e. The minimum atomic E-state index is -0.142. The predicted molar refractivity (Wildman–Crippen MR) is 85.9 cm³/mol. The molecule has 22 heavy (non-hydrogen) atoms. The first kappa shape index (κ1) is 16.2. The van der Waals surface area contributed by atoms with Crippen LogP contribution in [0.4, 0.5) is 5.69 Å². The summed E-state index contributed by atoms with van der Waals surface area (Å²) in [7, 11) is 5.67. The Kier molecular flexibility index (Phi) is 5.68. The Labute approximate surface area is 130 Å². The van der Waals surface area contributed by atoms with Crippen molar-refractivity contribution in [2.45, 2.75) is 13.2 Å². The molecule has 118 valence electrons. The third kappa shape index (κ3) is 4.68. The van der Waals surface area contributed by atoms with Crippen molar-refractivity contribution in [3.8, 4) is 0 Å². The molecule has 0 spiro atoms. The van der Waals surface area contributed by atoms with Gasteiger partial charge in [-0.15, -0.1) is 0 Å². The predicted octanol–water partition coefficient (Wildman–Crippen LogP) is 1.84. The first-order chi connectivity index (χ1) is 10.6. The van der Waals surface area contributed by atoms with Crippen LogP contribution in [0, 0.1) is 0 Å². The van der Waals surface area contributed by atoms with E-state index in [-0.39, 0.29) is 5.91 Å². The van der Waals surface area contributed by atoms with Crippen LogP contribution >= 0.6 is 0 Å². The third-order valence-corrected chi connectivity index (χ3v) is 3.19. The molecule has 0 aliphatic carbocycles. The van der Waals surface area contributed by atoms with Crippen LogP contribution in [0.1, 0.15) is 15.9 Å². The molecule has 1 aromatic carbocycles. The van der Waals surface area contributed by atoms with E-state index in [1.807, 2.05) is 37.1 Å². The van der Waals surface area contributed by atoms with Gasteiger partial charge in [-0.2, -0.15) is 5.10 Å². The van der Waals surface area contributed by atoms with Crippen molar-refractivity contribution in [3.05, 3.63) is 47.8 Å². The number of benzene rings is 1. The van der Waals surface area contributed by atoms with E-state index in [1.165, 1.54) is 0 Å². The van der Waals surface area contributed by atoms with Gasteiger partial charge in [0.15, 0.2) is 0 Å². The van der Waals surface area contributed by atoms with E-state index in [1.54, 1.807) is 25.4 Å². The van der Waals surface area contributed by atoms with Crippen molar-refractivity contribution in [1.82, 2.24) is 14.7 Å². The van der Waals surface area contributed by atoms with Gasteiger partial charge >= 0.3 is 0 Å². The van der Waals surface area contributed by atoms with Gasteiger partial charge in [0.05, 0.1) is 25.0 Å². The van der Waals surface area contributed by atoms with Crippen LogP contribution in [-0.4, -0.2) is 48.3 Å². The average Bonchev–Trinajstić information content (AvgIpc) is 2.94. The van der Waals surface area contributed by atoms with Crippen LogP contribution in [0.25, 0.3) is 0 Å². The molecule has 2 rings (SSSR count). The van der Waals surface area contributed by atoms with Gasteiger partial charge in [-0.3, -0.25) is 9.48 Å². The van der Waals surface area contributed by atoms with Crippen LogP contribution < -0.4 is 5.32 Å². The summed E-state index contributed by atoms with van der Waals surface area (Å²) >= 11 is 0. The molecule has 0 saturated heterocycles. The summed E-state index contributed by atoms with van der Waals surface area (Å²) in [6.45, 7) is 2.23. The van der Waals surface area contributed by atoms with Crippen molar-refractivity contribution in [1.29, 1.82) is 0 Å². The second-order valence-electron chi connectivity index (χ2n) is 5.38. The van der Waals surface area contributed by atoms with Crippen LogP contribution in [0.2, 0.25) is 0 Å². The molecule has 1 aromatic heterocycles. The summed E-state index contributed by atoms with van der Waals surface area (Å²) < 4.78 is 6.87. The van der Waals surface area contributed by atoms with Gasteiger partial charge in [-0.1, -0.05) is 12.1 Å². The minimum Gasteiger partial charge on any atom is -0.380 e. The Morgan fingerprint density at radius 3 is 2.68 bits per heavy atom. The van der Waals surface area contributed by atoms with E-state index in [4.69, 9.17) is 4.74 Å². The molecule has 2 aromatic rings. The van der Waals surface area contributed by atoms with Gasteiger partial charge in [0.25, 0.3) is 5.91 Å². The number of hydrogen-bond acceptors (Lipinski definition) is 4. The number of carbonyl (C=O) groups excluding carboxylic acids is 1. The number of likely N-dealkylation sites (N-methyl/N-ethyl adjacent to an activating group) is 1. The Morgan fingerprint density at radius 2 is 2.05 bits per heavy atom. The fraction of sp³-hybridized carbons (Fsp3) is 0.375. The molecule has 0 bridgehead atoms. The third-order valence-electron chi connectivity index (χ3n) is 3.19. The molecule has 0 radical (unpaired) electrons. The lowest BCUT2D eigenvalue weighted by Crippen LogP contribution is -2.18. The number of nitrogens with one attached hydrogen (secondary N) is 1. The molecule has 1 N–H and O–H groups in total. The second-order valence-corrected chi connectivity index (χ2v) is 5.38.